The molecule has 0 unspecified atom stereocenters. The number of rotatable bonds is 2. The van der Waals surface area contributed by atoms with Gasteiger partial charge in [-0.25, -0.2) is 9.97 Å². The van der Waals surface area contributed by atoms with E-state index >= 15 is 0 Å². The lowest BCUT2D eigenvalue weighted by molar-refractivity contribution is -0.141. The van der Waals surface area contributed by atoms with E-state index in [4.69, 9.17) is 11.6 Å². The third kappa shape index (κ3) is 3.36. The molecule has 2 rings (SSSR count). The van der Waals surface area contributed by atoms with Gasteiger partial charge in [0, 0.05) is 16.1 Å². The highest BCUT2D eigenvalue weighted by atomic mass is 35.5. The lowest BCUT2D eigenvalue weighted by atomic mass is 10.4. The fourth-order valence-corrected chi connectivity index (χ4v) is 2.02. The SMILES string of the molecule is FC(F)(F)c1ccnc(Sc2ccc(Cl)cc2)n1. The standard InChI is InChI=1S/C11H6ClF3N2S/c12-7-1-3-8(4-2-7)18-10-16-6-5-9(17-10)11(13,14)15/h1-6H. The second kappa shape index (κ2) is 5.16. The fraction of sp³-hybridized carbons (Fsp3) is 0.0909. The molecule has 1 aromatic heterocycles. The molecule has 0 bridgehead atoms. The molecule has 1 aromatic carbocycles. The predicted molar refractivity (Wildman–Crippen MR) is 62.6 cm³/mol. The van der Waals surface area contributed by atoms with Crippen molar-refractivity contribution in [3.05, 3.63) is 47.2 Å². The minimum atomic E-state index is -4.46. The smallest absolute Gasteiger partial charge is 0.231 e. The summed E-state index contributed by atoms with van der Waals surface area (Å²) in [6.07, 6.45) is -3.37. The maximum Gasteiger partial charge on any atom is 0.433 e. The van der Waals surface area contributed by atoms with Crippen molar-refractivity contribution in [1.29, 1.82) is 0 Å². The van der Waals surface area contributed by atoms with Gasteiger partial charge in [0.1, 0.15) is 5.69 Å². The zero-order valence-electron chi connectivity index (χ0n) is 8.78. The molecule has 0 aliphatic carbocycles. The molecule has 0 radical (unpaired) electrons. The Kier molecular flexibility index (Phi) is 3.77. The number of hydrogen-bond acceptors (Lipinski definition) is 3. The Bertz CT molecular complexity index is 543. The summed E-state index contributed by atoms with van der Waals surface area (Å²) < 4.78 is 37.3. The average Bonchev–Trinajstić information content (AvgIpc) is 2.31. The van der Waals surface area contributed by atoms with Crippen LogP contribution in [0.5, 0.6) is 0 Å². The van der Waals surface area contributed by atoms with Crippen molar-refractivity contribution < 1.29 is 13.2 Å². The first-order valence-corrected chi connectivity index (χ1v) is 5.98. The molecule has 0 N–H and O–H groups in total. The van der Waals surface area contributed by atoms with E-state index in [2.05, 4.69) is 9.97 Å². The molecule has 7 heteroatoms. The van der Waals surface area contributed by atoms with Crippen LogP contribution in [0, 0.1) is 0 Å². The highest BCUT2D eigenvalue weighted by Crippen LogP contribution is 2.30. The molecule has 0 aliphatic rings. The lowest BCUT2D eigenvalue weighted by Crippen LogP contribution is -2.08. The molecule has 2 aromatic rings. The summed E-state index contributed by atoms with van der Waals surface area (Å²) in [6, 6.07) is 7.52. The number of benzene rings is 1. The van der Waals surface area contributed by atoms with Gasteiger partial charge < -0.3 is 0 Å². The molecule has 0 saturated carbocycles. The van der Waals surface area contributed by atoms with Crippen LogP contribution in [-0.2, 0) is 6.18 Å². The van der Waals surface area contributed by atoms with E-state index < -0.39 is 11.9 Å². The largest absolute Gasteiger partial charge is 0.433 e. The lowest BCUT2D eigenvalue weighted by Gasteiger charge is -2.06. The number of nitrogens with zero attached hydrogens (tertiary/aromatic N) is 2. The molecule has 0 spiro atoms. The van der Waals surface area contributed by atoms with Crippen LogP contribution in [0.4, 0.5) is 13.2 Å². The van der Waals surface area contributed by atoms with Gasteiger partial charge in [-0.2, -0.15) is 13.2 Å². The number of halogens is 4. The van der Waals surface area contributed by atoms with Crippen molar-refractivity contribution in [2.75, 3.05) is 0 Å². The second-order valence-corrected chi connectivity index (χ2v) is 4.76. The zero-order chi connectivity index (χ0) is 13.2. The van der Waals surface area contributed by atoms with Crippen LogP contribution in [-0.4, -0.2) is 9.97 Å². The molecule has 18 heavy (non-hydrogen) atoms. The van der Waals surface area contributed by atoms with E-state index in [1.165, 1.54) is 0 Å². The monoisotopic (exact) mass is 290 g/mol. The van der Waals surface area contributed by atoms with Gasteiger partial charge in [-0.15, -0.1) is 0 Å². The van der Waals surface area contributed by atoms with Gasteiger partial charge in [-0.05, 0) is 42.1 Å². The molecule has 0 aliphatic heterocycles. The molecule has 2 nitrogen and oxygen atoms in total. The molecular weight excluding hydrogens is 285 g/mol. The van der Waals surface area contributed by atoms with Crippen LogP contribution in [0.3, 0.4) is 0 Å². The van der Waals surface area contributed by atoms with E-state index in [9.17, 15) is 13.2 Å². The number of alkyl halides is 3. The van der Waals surface area contributed by atoms with Crippen molar-refractivity contribution in [2.24, 2.45) is 0 Å². The molecule has 0 fully saturated rings. The van der Waals surface area contributed by atoms with Crippen LogP contribution in [0.15, 0.2) is 46.6 Å². The minimum Gasteiger partial charge on any atom is -0.231 e. The molecular formula is C11H6ClF3N2S. The average molecular weight is 291 g/mol. The van der Waals surface area contributed by atoms with Gasteiger partial charge in [-0.3, -0.25) is 0 Å². The summed E-state index contributed by atoms with van der Waals surface area (Å²) >= 11 is 6.76. The van der Waals surface area contributed by atoms with Gasteiger partial charge in [0.2, 0.25) is 0 Å². The van der Waals surface area contributed by atoms with Gasteiger partial charge >= 0.3 is 6.18 Å². The summed E-state index contributed by atoms with van der Waals surface area (Å²) in [5.41, 5.74) is -0.950. The summed E-state index contributed by atoms with van der Waals surface area (Å²) in [5.74, 6) is 0. The zero-order valence-corrected chi connectivity index (χ0v) is 10.4. The number of aromatic nitrogens is 2. The van der Waals surface area contributed by atoms with E-state index in [1.54, 1.807) is 24.3 Å². The van der Waals surface area contributed by atoms with Gasteiger partial charge in [0.05, 0.1) is 0 Å². The summed E-state index contributed by atoms with van der Waals surface area (Å²) in [6.45, 7) is 0. The highest BCUT2D eigenvalue weighted by molar-refractivity contribution is 7.99. The van der Waals surface area contributed by atoms with Crippen molar-refractivity contribution in [3.8, 4) is 0 Å². The molecule has 1 heterocycles. The molecule has 0 amide bonds. The third-order valence-electron chi connectivity index (χ3n) is 1.95. The van der Waals surface area contributed by atoms with Crippen LogP contribution in [0.2, 0.25) is 5.02 Å². The van der Waals surface area contributed by atoms with E-state index in [-0.39, 0.29) is 5.16 Å². The first-order chi connectivity index (χ1) is 8.45. The highest BCUT2D eigenvalue weighted by Gasteiger charge is 2.32. The van der Waals surface area contributed by atoms with Crippen molar-refractivity contribution in [3.63, 3.8) is 0 Å². The summed E-state index contributed by atoms with van der Waals surface area (Å²) in [5, 5.41) is 0.608. The minimum absolute atomic E-state index is 0.0483. The van der Waals surface area contributed by atoms with Gasteiger partial charge in [0.15, 0.2) is 5.16 Å². The quantitative estimate of drug-likeness (QED) is 0.771. The van der Waals surface area contributed by atoms with Crippen LogP contribution >= 0.6 is 23.4 Å². The van der Waals surface area contributed by atoms with Gasteiger partial charge in [-0.1, -0.05) is 11.6 Å². The Labute approximate surface area is 110 Å². The summed E-state index contributed by atoms with van der Waals surface area (Å²) in [4.78, 5) is 7.97. The van der Waals surface area contributed by atoms with Crippen LogP contribution < -0.4 is 0 Å². The van der Waals surface area contributed by atoms with E-state index in [1.807, 2.05) is 0 Å². The second-order valence-electron chi connectivity index (χ2n) is 3.28. The Balaban J connectivity index is 2.22. The maximum absolute atomic E-state index is 12.4. The Hall–Kier alpha value is -1.27. The predicted octanol–water partition coefficient (Wildman–Crippen LogP) is 4.30. The summed E-state index contributed by atoms with van der Waals surface area (Å²) in [7, 11) is 0. The Morgan fingerprint density at radius 3 is 2.33 bits per heavy atom. The fourth-order valence-electron chi connectivity index (χ4n) is 1.16. The van der Waals surface area contributed by atoms with Gasteiger partial charge in [0.25, 0.3) is 0 Å². The maximum atomic E-state index is 12.4. The van der Waals surface area contributed by atoms with Crippen molar-refractivity contribution in [2.45, 2.75) is 16.2 Å². The first-order valence-electron chi connectivity index (χ1n) is 4.79. The Morgan fingerprint density at radius 1 is 1.06 bits per heavy atom. The third-order valence-corrected chi connectivity index (χ3v) is 3.09. The topological polar surface area (TPSA) is 25.8 Å². The first kappa shape index (κ1) is 13.2. The Morgan fingerprint density at radius 2 is 1.72 bits per heavy atom. The van der Waals surface area contributed by atoms with Crippen molar-refractivity contribution in [1.82, 2.24) is 9.97 Å². The van der Waals surface area contributed by atoms with E-state index in [0.29, 0.717) is 5.02 Å². The molecule has 0 atom stereocenters. The molecule has 94 valence electrons. The van der Waals surface area contributed by atoms with Crippen LogP contribution in [0.1, 0.15) is 5.69 Å². The van der Waals surface area contributed by atoms with Crippen LogP contribution in [0.25, 0.3) is 0 Å². The van der Waals surface area contributed by atoms with E-state index in [0.717, 1.165) is 28.9 Å². The normalized spacial score (nSPS) is 11.6. The number of hydrogen-bond donors (Lipinski definition) is 0. The molecule has 0 saturated heterocycles. The van der Waals surface area contributed by atoms with Crippen molar-refractivity contribution >= 4 is 23.4 Å².